The Kier molecular flexibility index (Phi) is 4.47. The van der Waals surface area contributed by atoms with E-state index in [1.54, 1.807) is 36.4 Å². The number of hydrogen-bond acceptors (Lipinski definition) is 3. The Morgan fingerprint density at radius 2 is 1.89 bits per heavy atom. The van der Waals surface area contributed by atoms with Gasteiger partial charge in [0.1, 0.15) is 23.9 Å². The summed E-state index contributed by atoms with van der Waals surface area (Å²) in [6, 6.07) is 19.2. The standard InChI is InChI=1S/C23H17FO3/c1-15-5-2-3-7-17(15)14-26-19-9-10-20-21(13-19)27-22(23(20)25)12-16-6-4-8-18(24)11-16/h2-13H,14H2,1H3/b22-12+. The van der Waals surface area contributed by atoms with Gasteiger partial charge in [-0.3, -0.25) is 4.79 Å². The fourth-order valence-electron chi connectivity index (χ4n) is 2.94. The van der Waals surface area contributed by atoms with Crippen molar-refractivity contribution in [2.75, 3.05) is 0 Å². The molecule has 3 aromatic rings. The summed E-state index contributed by atoms with van der Waals surface area (Å²) in [6.07, 6.45) is 1.54. The lowest BCUT2D eigenvalue weighted by Crippen LogP contribution is -1.98. The molecule has 0 radical (unpaired) electrons. The van der Waals surface area contributed by atoms with E-state index < -0.39 is 0 Å². The summed E-state index contributed by atoms with van der Waals surface area (Å²) in [4.78, 5) is 12.5. The zero-order chi connectivity index (χ0) is 18.8. The first-order chi connectivity index (χ1) is 13.1. The molecule has 0 saturated heterocycles. The van der Waals surface area contributed by atoms with Gasteiger partial charge in [0.15, 0.2) is 5.76 Å². The molecule has 0 unspecified atom stereocenters. The molecule has 1 aliphatic rings. The Morgan fingerprint density at radius 3 is 2.70 bits per heavy atom. The number of allylic oxidation sites excluding steroid dienone is 1. The molecule has 0 aliphatic carbocycles. The van der Waals surface area contributed by atoms with Crippen molar-refractivity contribution in [1.29, 1.82) is 0 Å². The molecule has 134 valence electrons. The number of hydrogen-bond donors (Lipinski definition) is 0. The predicted molar refractivity (Wildman–Crippen MR) is 101 cm³/mol. The highest BCUT2D eigenvalue weighted by Crippen LogP contribution is 2.35. The van der Waals surface area contributed by atoms with Crippen molar-refractivity contribution in [1.82, 2.24) is 0 Å². The van der Waals surface area contributed by atoms with E-state index in [-0.39, 0.29) is 17.4 Å². The van der Waals surface area contributed by atoms with Crippen molar-refractivity contribution >= 4 is 11.9 Å². The van der Waals surface area contributed by atoms with E-state index in [9.17, 15) is 9.18 Å². The molecule has 0 atom stereocenters. The maximum Gasteiger partial charge on any atom is 0.231 e. The second kappa shape index (κ2) is 7.08. The molecule has 0 bridgehead atoms. The van der Waals surface area contributed by atoms with Crippen LogP contribution in [0.15, 0.2) is 72.5 Å². The summed E-state index contributed by atoms with van der Waals surface area (Å²) >= 11 is 0. The minimum atomic E-state index is -0.362. The number of halogens is 1. The molecule has 3 aromatic carbocycles. The molecule has 0 spiro atoms. The fourth-order valence-corrected chi connectivity index (χ4v) is 2.94. The largest absolute Gasteiger partial charge is 0.489 e. The molecule has 0 amide bonds. The summed E-state index contributed by atoms with van der Waals surface area (Å²) in [7, 11) is 0. The molecule has 0 saturated carbocycles. The number of carbonyl (C=O) groups is 1. The van der Waals surface area contributed by atoms with Gasteiger partial charge >= 0.3 is 0 Å². The Labute approximate surface area is 156 Å². The van der Waals surface area contributed by atoms with E-state index in [1.807, 2.05) is 31.2 Å². The first kappa shape index (κ1) is 17.0. The van der Waals surface area contributed by atoms with Crippen LogP contribution in [0.4, 0.5) is 4.39 Å². The molecular formula is C23H17FO3. The summed E-state index contributed by atoms with van der Waals surface area (Å²) in [6.45, 7) is 2.47. The number of carbonyl (C=O) groups excluding carboxylic acids is 1. The second-order valence-electron chi connectivity index (χ2n) is 6.37. The molecule has 0 aromatic heterocycles. The summed E-state index contributed by atoms with van der Waals surface area (Å²) in [5.74, 6) is 0.660. The van der Waals surface area contributed by atoms with Gasteiger partial charge in [-0.25, -0.2) is 4.39 Å². The molecule has 1 heterocycles. The van der Waals surface area contributed by atoms with Crippen LogP contribution in [-0.4, -0.2) is 5.78 Å². The highest BCUT2D eigenvalue weighted by atomic mass is 19.1. The third-order valence-electron chi connectivity index (χ3n) is 4.44. The average molecular weight is 360 g/mol. The van der Waals surface area contributed by atoms with E-state index in [2.05, 4.69) is 0 Å². The topological polar surface area (TPSA) is 35.5 Å². The van der Waals surface area contributed by atoms with E-state index in [4.69, 9.17) is 9.47 Å². The van der Waals surface area contributed by atoms with Crippen molar-refractivity contribution in [3.63, 3.8) is 0 Å². The van der Waals surface area contributed by atoms with Crippen LogP contribution in [0.3, 0.4) is 0 Å². The van der Waals surface area contributed by atoms with Gasteiger partial charge in [0.2, 0.25) is 5.78 Å². The van der Waals surface area contributed by atoms with Crippen LogP contribution >= 0.6 is 0 Å². The van der Waals surface area contributed by atoms with E-state index in [0.717, 1.165) is 11.1 Å². The zero-order valence-corrected chi connectivity index (χ0v) is 14.7. The molecule has 4 heteroatoms. The lowest BCUT2D eigenvalue weighted by atomic mass is 10.1. The molecule has 1 aliphatic heterocycles. The number of ether oxygens (including phenoxy) is 2. The SMILES string of the molecule is Cc1ccccc1COc1ccc2c(c1)O/C(=C/c1cccc(F)c1)C2=O. The van der Waals surface area contributed by atoms with Crippen molar-refractivity contribution < 1.29 is 18.7 Å². The van der Waals surface area contributed by atoms with Crippen LogP contribution in [0.1, 0.15) is 27.0 Å². The number of fused-ring (bicyclic) bond motifs is 1. The molecular weight excluding hydrogens is 343 g/mol. The van der Waals surface area contributed by atoms with Crippen LogP contribution in [0.25, 0.3) is 6.08 Å². The van der Waals surface area contributed by atoms with Crippen LogP contribution in [0.2, 0.25) is 0 Å². The highest BCUT2D eigenvalue weighted by molar-refractivity contribution is 6.14. The monoisotopic (exact) mass is 360 g/mol. The van der Waals surface area contributed by atoms with E-state index >= 15 is 0 Å². The predicted octanol–water partition coefficient (Wildman–Crippen LogP) is 5.33. The molecule has 0 N–H and O–H groups in total. The fraction of sp³-hybridized carbons (Fsp3) is 0.0870. The van der Waals surface area contributed by atoms with Crippen LogP contribution in [0, 0.1) is 12.7 Å². The van der Waals surface area contributed by atoms with Gasteiger partial charge in [0.05, 0.1) is 5.56 Å². The minimum absolute atomic E-state index is 0.173. The van der Waals surface area contributed by atoms with Gasteiger partial charge in [-0.2, -0.15) is 0 Å². The quantitative estimate of drug-likeness (QED) is 0.590. The van der Waals surface area contributed by atoms with E-state index in [1.165, 1.54) is 12.1 Å². The van der Waals surface area contributed by atoms with Crippen molar-refractivity contribution in [3.8, 4) is 11.5 Å². The van der Waals surface area contributed by atoms with Gasteiger partial charge in [-0.05, 0) is 54.0 Å². The van der Waals surface area contributed by atoms with Crippen LogP contribution < -0.4 is 9.47 Å². The van der Waals surface area contributed by atoms with Gasteiger partial charge in [-0.1, -0.05) is 36.4 Å². The zero-order valence-electron chi connectivity index (χ0n) is 14.7. The number of aryl methyl sites for hydroxylation is 1. The molecule has 0 fully saturated rings. The van der Waals surface area contributed by atoms with Crippen molar-refractivity contribution in [3.05, 3.63) is 101 Å². The molecule has 27 heavy (non-hydrogen) atoms. The highest BCUT2D eigenvalue weighted by Gasteiger charge is 2.27. The molecule has 3 nitrogen and oxygen atoms in total. The first-order valence-corrected chi connectivity index (χ1v) is 8.61. The average Bonchev–Trinajstić information content (AvgIpc) is 2.96. The maximum absolute atomic E-state index is 13.3. The third kappa shape index (κ3) is 3.60. The van der Waals surface area contributed by atoms with E-state index in [0.29, 0.717) is 29.2 Å². The Hall–Kier alpha value is -3.40. The summed E-state index contributed by atoms with van der Waals surface area (Å²) in [5, 5.41) is 0. The number of benzene rings is 3. The van der Waals surface area contributed by atoms with Gasteiger partial charge in [-0.15, -0.1) is 0 Å². The number of ketones is 1. The lowest BCUT2D eigenvalue weighted by Gasteiger charge is -2.09. The second-order valence-corrected chi connectivity index (χ2v) is 6.37. The Morgan fingerprint density at radius 1 is 1.04 bits per heavy atom. The van der Waals surface area contributed by atoms with Crippen LogP contribution in [0.5, 0.6) is 11.5 Å². The Balaban J connectivity index is 1.53. The smallest absolute Gasteiger partial charge is 0.231 e. The minimum Gasteiger partial charge on any atom is -0.489 e. The summed E-state index contributed by atoms with van der Waals surface area (Å²) < 4.78 is 24.9. The third-order valence-corrected chi connectivity index (χ3v) is 4.44. The number of Topliss-reactive ketones (excluding diaryl/α,β-unsaturated/α-hetero) is 1. The lowest BCUT2D eigenvalue weighted by molar-refractivity contribution is 0.101. The van der Waals surface area contributed by atoms with Gasteiger partial charge < -0.3 is 9.47 Å². The van der Waals surface area contributed by atoms with Crippen molar-refractivity contribution in [2.24, 2.45) is 0 Å². The molecule has 4 rings (SSSR count). The van der Waals surface area contributed by atoms with Crippen molar-refractivity contribution in [2.45, 2.75) is 13.5 Å². The van der Waals surface area contributed by atoms with Gasteiger partial charge in [0.25, 0.3) is 0 Å². The van der Waals surface area contributed by atoms with Crippen LogP contribution in [-0.2, 0) is 6.61 Å². The maximum atomic E-state index is 13.3. The number of rotatable bonds is 4. The Bertz CT molecular complexity index is 1050. The normalized spacial score (nSPS) is 14.1. The first-order valence-electron chi connectivity index (χ1n) is 8.61. The van der Waals surface area contributed by atoms with Gasteiger partial charge in [0, 0.05) is 6.07 Å². The summed E-state index contributed by atoms with van der Waals surface area (Å²) in [5.41, 5.74) is 3.30.